The number of benzene rings is 1. The maximum absolute atomic E-state index is 12.2. The quantitative estimate of drug-likeness (QED) is 0.884. The van der Waals surface area contributed by atoms with Gasteiger partial charge in [-0.05, 0) is 25.3 Å². The zero-order chi connectivity index (χ0) is 13.5. The Kier molecular flexibility index (Phi) is 3.07. The van der Waals surface area contributed by atoms with E-state index in [1.807, 2.05) is 37.3 Å². The molecule has 0 spiro atoms. The zero-order valence-electron chi connectivity index (χ0n) is 11.1. The summed E-state index contributed by atoms with van der Waals surface area (Å²) in [5, 5.41) is 9.70. The lowest BCUT2D eigenvalue weighted by Gasteiger charge is -2.39. The minimum atomic E-state index is -0.566. The molecule has 0 unspecified atom stereocenters. The highest BCUT2D eigenvalue weighted by molar-refractivity contribution is 5.78. The van der Waals surface area contributed by atoms with Gasteiger partial charge in [-0.15, -0.1) is 0 Å². The van der Waals surface area contributed by atoms with E-state index in [0.29, 0.717) is 6.42 Å². The van der Waals surface area contributed by atoms with Crippen LogP contribution in [0.4, 0.5) is 0 Å². The highest BCUT2D eigenvalue weighted by Gasteiger charge is 2.53. The molecule has 19 heavy (non-hydrogen) atoms. The molecule has 4 heteroatoms. The summed E-state index contributed by atoms with van der Waals surface area (Å²) in [6.07, 6.45) is 2.00. The maximum Gasteiger partial charge on any atom is 0.225 e. The van der Waals surface area contributed by atoms with Crippen LogP contribution in [0.2, 0.25) is 0 Å². The van der Waals surface area contributed by atoms with E-state index in [-0.39, 0.29) is 24.7 Å². The van der Waals surface area contributed by atoms with Gasteiger partial charge in [0.25, 0.3) is 0 Å². The van der Waals surface area contributed by atoms with Gasteiger partial charge >= 0.3 is 0 Å². The normalized spacial score (nSPS) is 34.4. The first kappa shape index (κ1) is 12.6. The number of hydrogen-bond donors (Lipinski definition) is 1. The Bertz CT molecular complexity index is 476. The Morgan fingerprint density at radius 1 is 1.42 bits per heavy atom. The van der Waals surface area contributed by atoms with Gasteiger partial charge in [0.05, 0.1) is 12.6 Å². The largest absolute Gasteiger partial charge is 0.394 e. The molecule has 2 aliphatic rings. The Labute approximate surface area is 113 Å². The predicted octanol–water partition coefficient (Wildman–Crippen LogP) is 1.85. The summed E-state index contributed by atoms with van der Waals surface area (Å²) in [5.74, 6) is 0.0891. The van der Waals surface area contributed by atoms with Crippen LogP contribution in [-0.4, -0.2) is 34.3 Å². The molecule has 3 atom stereocenters. The van der Waals surface area contributed by atoms with Crippen LogP contribution < -0.4 is 0 Å². The van der Waals surface area contributed by atoms with E-state index < -0.39 is 5.72 Å². The Balaban J connectivity index is 1.97. The van der Waals surface area contributed by atoms with E-state index >= 15 is 0 Å². The number of aliphatic hydroxyl groups excluding tert-OH is 1. The molecular formula is C15H19NO3. The number of fused-ring (bicyclic) bond motifs is 1. The highest BCUT2D eigenvalue weighted by Crippen LogP contribution is 2.45. The zero-order valence-corrected chi connectivity index (χ0v) is 11.1. The monoisotopic (exact) mass is 261 g/mol. The van der Waals surface area contributed by atoms with Crippen LogP contribution in [0.25, 0.3) is 0 Å². The first-order chi connectivity index (χ1) is 9.15. The van der Waals surface area contributed by atoms with Crippen LogP contribution in [0.15, 0.2) is 30.3 Å². The molecule has 0 saturated carbocycles. The fourth-order valence-corrected chi connectivity index (χ4v) is 3.32. The third-order valence-electron chi connectivity index (χ3n) is 4.19. The number of piperidine rings is 1. The summed E-state index contributed by atoms with van der Waals surface area (Å²) in [6, 6.07) is 9.55. The van der Waals surface area contributed by atoms with Crippen LogP contribution in [0.5, 0.6) is 0 Å². The van der Waals surface area contributed by atoms with Gasteiger partial charge in [-0.3, -0.25) is 4.79 Å². The van der Waals surface area contributed by atoms with Crippen LogP contribution in [-0.2, 0) is 9.53 Å². The van der Waals surface area contributed by atoms with Crippen LogP contribution in [0.3, 0.4) is 0 Å². The number of amides is 1. The molecule has 0 bridgehead atoms. The third kappa shape index (κ3) is 1.95. The van der Waals surface area contributed by atoms with Gasteiger partial charge in [0, 0.05) is 6.42 Å². The second-order valence-electron chi connectivity index (χ2n) is 5.49. The van der Waals surface area contributed by atoms with Crippen molar-refractivity contribution in [1.82, 2.24) is 4.90 Å². The summed E-state index contributed by atoms with van der Waals surface area (Å²) >= 11 is 0. The van der Waals surface area contributed by atoms with Crippen molar-refractivity contribution in [1.29, 1.82) is 0 Å². The summed E-state index contributed by atoms with van der Waals surface area (Å²) in [5.41, 5.74) is 0.452. The molecule has 2 saturated heterocycles. The molecule has 2 fully saturated rings. The van der Waals surface area contributed by atoms with Crippen molar-refractivity contribution in [2.24, 2.45) is 0 Å². The number of carbonyl (C=O) groups is 1. The molecule has 1 amide bonds. The Morgan fingerprint density at radius 2 is 2.16 bits per heavy atom. The first-order valence-corrected chi connectivity index (χ1v) is 6.81. The van der Waals surface area contributed by atoms with E-state index in [4.69, 9.17) is 4.74 Å². The van der Waals surface area contributed by atoms with Crippen LogP contribution in [0, 0.1) is 0 Å². The predicted molar refractivity (Wildman–Crippen MR) is 70.2 cm³/mol. The topological polar surface area (TPSA) is 49.8 Å². The van der Waals surface area contributed by atoms with Gasteiger partial charge < -0.3 is 14.7 Å². The summed E-state index contributed by atoms with van der Waals surface area (Å²) in [4.78, 5) is 13.9. The van der Waals surface area contributed by atoms with Gasteiger partial charge in [0.15, 0.2) is 0 Å². The smallest absolute Gasteiger partial charge is 0.225 e. The molecule has 1 aromatic carbocycles. The van der Waals surface area contributed by atoms with Crippen molar-refractivity contribution in [3.8, 4) is 0 Å². The minimum absolute atomic E-state index is 0.0686. The van der Waals surface area contributed by atoms with E-state index in [1.54, 1.807) is 4.90 Å². The Hall–Kier alpha value is -1.39. The average molecular weight is 261 g/mol. The third-order valence-corrected chi connectivity index (χ3v) is 4.19. The Morgan fingerprint density at radius 3 is 2.84 bits per heavy atom. The summed E-state index contributed by atoms with van der Waals surface area (Å²) in [7, 11) is 0. The van der Waals surface area contributed by atoms with Crippen molar-refractivity contribution in [2.75, 3.05) is 6.61 Å². The number of ether oxygens (including phenoxy) is 1. The number of aliphatic hydroxyl groups is 1. The van der Waals surface area contributed by atoms with Crippen molar-refractivity contribution >= 4 is 5.91 Å². The molecule has 3 rings (SSSR count). The van der Waals surface area contributed by atoms with Crippen molar-refractivity contribution in [3.05, 3.63) is 35.9 Å². The molecule has 1 N–H and O–H groups in total. The number of hydrogen-bond acceptors (Lipinski definition) is 3. The lowest BCUT2D eigenvalue weighted by Crippen LogP contribution is -2.53. The standard InChI is InChI=1S/C15H19NO3/c1-15-9-5-8-13(18)16(15)12(10-17)14(19-15)11-6-3-2-4-7-11/h2-4,6-7,12,14,17H,5,8-10H2,1H3/t12-,14+,15+/m1/s1. The summed E-state index contributed by atoms with van der Waals surface area (Å²) < 4.78 is 6.16. The van der Waals surface area contributed by atoms with Crippen LogP contribution >= 0.6 is 0 Å². The molecule has 0 radical (unpaired) electrons. The molecular weight excluding hydrogens is 242 g/mol. The van der Waals surface area contributed by atoms with Crippen molar-refractivity contribution in [2.45, 2.75) is 44.1 Å². The number of nitrogens with zero attached hydrogens (tertiary/aromatic N) is 1. The number of rotatable bonds is 2. The summed E-state index contributed by atoms with van der Waals surface area (Å²) in [6.45, 7) is 1.89. The molecule has 2 heterocycles. The van der Waals surface area contributed by atoms with Gasteiger partial charge in [0.1, 0.15) is 11.8 Å². The molecule has 102 valence electrons. The molecule has 4 nitrogen and oxygen atoms in total. The lowest BCUT2D eigenvalue weighted by molar-refractivity contribution is -0.159. The average Bonchev–Trinajstić information content (AvgIpc) is 2.74. The fourth-order valence-electron chi connectivity index (χ4n) is 3.32. The van der Waals surface area contributed by atoms with Gasteiger partial charge in [-0.1, -0.05) is 30.3 Å². The molecule has 0 aliphatic carbocycles. The van der Waals surface area contributed by atoms with Crippen molar-refractivity contribution < 1.29 is 14.6 Å². The fraction of sp³-hybridized carbons (Fsp3) is 0.533. The maximum atomic E-state index is 12.2. The highest BCUT2D eigenvalue weighted by atomic mass is 16.5. The van der Waals surface area contributed by atoms with Gasteiger partial charge in [0.2, 0.25) is 5.91 Å². The van der Waals surface area contributed by atoms with E-state index in [9.17, 15) is 9.90 Å². The van der Waals surface area contributed by atoms with Crippen LogP contribution in [0.1, 0.15) is 37.9 Å². The number of carbonyl (C=O) groups excluding carboxylic acids is 1. The van der Waals surface area contributed by atoms with Crippen molar-refractivity contribution in [3.63, 3.8) is 0 Å². The molecule has 1 aromatic rings. The van der Waals surface area contributed by atoms with E-state index in [2.05, 4.69) is 0 Å². The van der Waals surface area contributed by atoms with Gasteiger partial charge in [-0.2, -0.15) is 0 Å². The second kappa shape index (κ2) is 4.62. The second-order valence-corrected chi connectivity index (χ2v) is 5.49. The lowest BCUT2D eigenvalue weighted by atomic mass is 9.97. The molecule has 0 aromatic heterocycles. The SMILES string of the molecule is C[C@]12CCCC(=O)N1[C@H](CO)[C@H](c1ccccc1)O2. The van der Waals surface area contributed by atoms with E-state index in [1.165, 1.54) is 0 Å². The van der Waals surface area contributed by atoms with Gasteiger partial charge in [-0.25, -0.2) is 0 Å². The molecule has 2 aliphatic heterocycles. The van der Waals surface area contributed by atoms with E-state index in [0.717, 1.165) is 18.4 Å². The minimum Gasteiger partial charge on any atom is -0.394 e. The first-order valence-electron chi connectivity index (χ1n) is 6.81.